The molecule has 2 amide bonds. The monoisotopic (exact) mass is 433 g/mol. The maximum Gasteiger partial charge on any atom is 0.407 e. The first kappa shape index (κ1) is 20.7. The summed E-state index contributed by atoms with van der Waals surface area (Å²) in [4.78, 5) is 28.9. The zero-order chi connectivity index (χ0) is 21.0. The number of methoxy groups -OCH3 is 1. The summed E-state index contributed by atoms with van der Waals surface area (Å²) in [5, 5.41) is 5.52. The normalized spacial score (nSPS) is 12.3. The van der Waals surface area contributed by atoms with Crippen molar-refractivity contribution in [3.8, 4) is 0 Å². The van der Waals surface area contributed by atoms with E-state index in [1.54, 1.807) is 6.07 Å². The standard InChI is InChI=1S/C19H19N3O5S2/c1-27-19(24)21-15(10-12-6-4-3-5-7-12)17(23)22-18-20-14-9-8-13(29(2,25)26)11-16(14)28-18/h3-9,11,15H,10H2,1-2H3,(H,21,24)(H,20,22,23). The van der Waals surface area contributed by atoms with Gasteiger partial charge in [0, 0.05) is 12.7 Å². The molecule has 3 aromatic rings. The van der Waals surface area contributed by atoms with Gasteiger partial charge < -0.3 is 15.4 Å². The molecule has 0 aliphatic rings. The van der Waals surface area contributed by atoms with Gasteiger partial charge in [0.15, 0.2) is 15.0 Å². The number of fused-ring (bicyclic) bond motifs is 1. The third kappa shape index (κ3) is 5.30. The molecular formula is C19H19N3O5S2. The van der Waals surface area contributed by atoms with Crippen LogP contribution in [0.2, 0.25) is 0 Å². The molecule has 152 valence electrons. The van der Waals surface area contributed by atoms with Gasteiger partial charge in [-0.05, 0) is 23.8 Å². The lowest BCUT2D eigenvalue weighted by Gasteiger charge is -2.17. The van der Waals surface area contributed by atoms with Crippen LogP contribution in [-0.4, -0.2) is 44.8 Å². The smallest absolute Gasteiger partial charge is 0.407 e. The summed E-state index contributed by atoms with van der Waals surface area (Å²) < 4.78 is 28.7. The molecule has 0 saturated heterocycles. The van der Waals surface area contributed by atoms with Gasteiger partial charge in [0.1, 0.15) is 6.04 Å². The van der Waals surface area contributed by atoms with Crippen LogP contribution in [0.25, 0.3) is 10.2 Å². The molecule has 2 N–H and O–H groups in total. The Hall–Kier alpha value is -2.98. The first-order valence-electron chi connectivity index (χ1n) is 8.56. The van der Waals surface area contributed by atoms with Crippen LogP contribution >= 0.6 is 11.3 Å². The number of carbonyl (C=O) groups excluding carboxylic acids is 2. The van der Waals surface area contributed by atoms with Crippen LogP contribution in [-0.2, 0) is 25.8 Å². The zero-order valence-corrected chi connectivity index (χ0v) is 17.3. The predicted molar refractivity (Wildman–Crippen MR) is 111 cm³/mol. The lowest BCUT2D eigenvalue weighted by molar-refractivity contribution is -0.118. The predicted octanol–water partition coefficient (Wildman–Crippen LogP) is 2.61. The number of benzene rings is 2. The minimum absolute atomic E-state index is 0.181. The van der Waals surface area contributed by atoms with Crippen molar-refractivity contribution in [2.75, 3.05) is 18.7 Å². The van der Waals surface area contributed by atoms with Crippen molar-refractivity contribution in [2.45, 2.75) is 17.4 Å². The van der Waals surface area contributed by atoms with E-state index in [1.807, 2.05) is 30.3 Å². The van der Waals surface area contributed by atoms with Crippen molar-refractivity contribution < 1.29 is 22.7 Å². The van der Waals surface area contributed by atoms with Crippen LogP contribution in [0.5, 0.6) is 0 Å². The van der Waals surface area contributed by atoms with Gasteiger partial charge in [0.05, 0.1) is 22.2 Å². The molecular weight excluding hydrogens is 414 g/mol. The number of sulfone groups is 1. The van der Waals surface area contributed by atoms with E-state index in [0.717, 1.165) is 23.2 Å². The quantitative estimate of drug-likeness (QED) is 0.618. The van der Waals surface area contributed by atoms with Gasteiger partial charge in [-0.25, -0.2) is 18.2 Å². The van der Waals surface area contributed by atoms with Gasteiger partial charge in [-0.2, -0.15) is 0 Å². The number of anilines is 1. The largest absolute Gasteiger partial charge is 0.453 e. The average Bonchev–Trinajstić information content (AvgIpc) is 3.08. The van der Waals surface area contributed by atoms with Gasteiger partial charge in [0.2, 0.25) is 5.91 Å². The van der Waals surface area contributed by atoms with E-state index >= 15 is 0 Å². The minimum Gasteiger partial charge on any atom is -0.453 e. The highest BCUT2D eigenvalue weighted by atomic mass is 32.2. The van der Waals surface area contributed by atoms with E-state index in [1.165, 1.54) is 19.2 Å². The van der Waals surface area contributed by atoms with E-state index in [-0.39, 0.29) is 11.3 Å². The van der Waals surface area contributed by atoms with E-state index in [2.05, 4.69) is 20.4 Å². The highest BCUT2D eigenvalue weighted by Gasteiger charge is 2.23. The maximum absolute atomic E-state index is 12.8. The third-order valence-electron chi connectivity index (χ3n) is 4.09. The number of ether oxygens (including phenoxy) is 1. The summed E-state index contributed by atoms with van der Waals surface area (Å²) in [7, 11) is -2.12. The number of nitrogens with zero attached hydrogens (tertiary/aromatic N) is 1. The van der Waals surface area contributed by atoms with Crippen molar-refractivity contribution in [3.05, 3.63) is 54.1 Å². The fourth-order valence-corrected chi connectivity index (χ4v) is 4.27. The topological polar surface area (TPSA) is 114 Å². The second-order valence-corrected chi connectivity index (χ2v) is 9.33. The van der Waals surface area contributed by atoms with Crippen molar-refractivity contribution in [1.29, 1.82) is 0 Å². The molecule has 1 atom stereocenters. The number of alkyl carbamates (subject to hydrolysis) is 1. The highest BCUT2D eigenvalue weighted by molar-refractivity contribution is 7.90. The molecule has 29 heavy (non-hydrogen) atoms. The van der Waals surface area contributed by atoms with Crippen LogP contribution in [0.15, 0.2) is 53.4 Å². The van der Waals surface area contributed by atoms with Crippen molar-refractivity contribution in [2.24, 2.45) is 0 Å². The number of carbonyl (C=O) groups is 2. The van der Waals surface area contributed by atoms with E-state index in [9.17, 15) is 18.0 Å². The summed E-state index contributed by atoms with van der Waals surface area (Å²) in [5.41, 5.74) is 1.43. The molecule has 1 heterocycles. The summed E-state index contributed by atoms with van der Waals surface area (Å²) in [6, 6.07) is 13.0. The molecule has 1 aromatic heterocycles. The number of nitrogens with one attached hydrogen (secondary N) is 2. The Kier molecular flexibility index (Phi) is 6.14. The van der Waals surface area contributed by atoms with Gasteiger partial charge >= 0.3 is 6.09 Å². The molecule has 0 spiro atoms. The van der Waals surface area contributed by atoms with Gasteiger partial charge in [-0.15, -0.1) is 0 Å². The molecule has 0 aliphatic heterocycles. The summed E-state index contributed by atoms with van der Waals surface area (Å²) >= 11 is 1.15. The third-order valence-corrected chi connectivity index (χ3v) is 6.14. The lowest BCUT2D eigenvalue weighted by atomic mass is 10.1. The molecule has 0 fully saturated rings. The number of rotatable bonds is 6. The Morgan fingerprint density at radius 3 is 2.55 bits per heavy atom. The number of thiazole rings is 1. The van der Waals surface area contributed by atoms with Gasteiger partial charge in [-0.1, -0.05) is 41.7 Å². The Morgan fingerprint density at radius 2 is 1.90 bits per heavy atom. The molecule has 0 radical (unpaired) electrons. The highest BCUT2D eigenvalue weighted by Crippen LogP contribution is 2.28. The van der Waals surface area contributed by atoms with E-state index < -0.39 is 27.9 Å². The molecule has 3 rings (SSSR count). The number of hydrogen-bond donors (Lipinski definition) is 2. The molecule has 10 heteroatoms. The second-order valence-electron chi connectivity index (χ2n) is 6.29. The SMILES string of the molecule is COC(=O)NC(Cc1ccccc1)C(=O)Nc1nc2ccc(S(C)(=O)=O)cc2s1. The molecule has 1 unspecified atom stereocenters. The number of amides is 2. The molecule has 2 aromatic carbocycles. The number of aromatic nitrogens is 1. The van der Waals surface area contributed by atoms with Crippen LogP contribution in [0, 0.1) is 0 Å². The average molecular weight is 434 g/mol. The van der Waals surface area contributed by atoms with Crippen molar-refractivity contribution in [1.82, 2.24) is 10.3 Å². The number of hydrogen-bond acceptors (Lipinski definition) is 7. The van der Waals surface area contributed by atoms with Crippen LogP contribution in [0.3, 0.4) is 0 Å². The van der Waals surface area contributed by atoms with Crippen LogP contribution < -0.4 is 10.6 Å². The Morgan fingerprint density at radius 1 is 1.17 bits per heavy atom. The molecule has 0 saturated carbocycles. The molecule has 8 nitrogen and oxygen atoms in total. The molecule has 0 aliphatic carbocycles. The van der Waals surface area contributed by atoms with E-state index in [4.69, 9.17) is 0 Å². The fourth-order valence-electron chi connectivity index (χ4n) is 2.64. The first-order chi connectivity index (χ1) is 13.8. The van der Waals surface area contributed by atoms with Crippen LogP contribution in [0.4, 0.5) is 9.93 Å². The van der Waals surface area contributed by atoms with Crippen LogP contribution in [0.1, 0.15) is 5.56 Å². The summed E-state index contributed by atoms with van der Waals surface area (Å²) in [6.45, 7) is 0. The maximum atomic E-state index is 12.8. The van der Waals surface area contributed by atoms with Gasteiger partial charge in [-0.3, -0.25) is 4.79 Å². The van der Waals surface area contributed by atoms with E-state index in [0.29, 0.717) is 15.3 Å². The Balaban J connectivity index is 1.81. The molecule has 0 bridgehead atoms. The van der Waals surface area contributed by atoms with Gasteiger partial charge in [0.25, 0.3) is 0 Å². The summed E-state index contributed by atoms with van der Waals surface area (Å²) in [6.07, 6.45) is 0.679. The lowest BCUT2D eigenvalue weighted by Crippen LogP contribution is -2.45. The first-order valence-corrected chi connectivity index (χ1v) is 11.3. The summed E-state index contributed by atoms with van der Waals surface area (Å²) in [5.74, 6) is -0.457. The minimum atomic E-state index is -3.34. The Bertz CT molecular complexity index is 1140. The zero-order valence-electron chi connectivity index (χ0n) is 15.7. The van der Waals surface area contributed by atoms with Crippen molar-refractivity contribution in [3.63, 3.8) is 0 Å². The fraction of sp³-hybridized carbons (Fsp3) is 0.211. The second kappa shape index (κ2) is 8.58. The Labute approximate surface area is 171 Å². The van der Waals surface area contributed by atoms with Crippen molar-refractivity contribution >= 4 is 48.5 Å².